The maximum atomic E-state index is 12.9. The third kappa shape index (κ3) is 6.48. The van der Waals surface area contributed by atoms with Crippen LogP contribution in [-0.4, -0.2) is 18.5 Å². The van der Waals surface area contributed by atoms with Crippen molar-refractivity contribution in [3.8, 4) is 5.75 Å². The predicted octanol–water partition coefficient (Wildman–Crippen LogP) is 5.93. The van der Waals surface area contributed by atoms with Gasteiger partial charge in [-0.05, 0) is 54.4 Å². The van der Waals surface area contributed by atoms with E-state index in [4.69, 9.17) is 32.7 Å². The Morgan fingerprint density at radius 1 is 0.935 bits per heavy atom. The van der Waals surface area contributed by atoms with Gasteiger partial charge in [-0.2, -0.15) is 0 Å². The summed E-state index contributed by atoms with van der Waals surface area (Å²) in [5.74, 6) is -0.328. The zero-order chi connectivity index (χ0) is 22.2. The zero-order valence-corrected chi connectivity index (χ0v) is 18.4. The highest BCUT2D eigenvalue weighted by atomic mass is 35.5. The molecule has 0 bridgehead atoms. The quantitative estimate of drug-likeness (QED) is 0.425. The summed E-state index contributed by atoms with van der Waals surface area (Å²) in [6.07, 6.45) is 0.175. The fourth-order valence-electron chi connectivity index (χ4n) is 2.91. The van der Waals surface area contributed by atoms with Gasteiger partial charge < -0.3 is 14.8 Å². The van der Waals surface area contributed by atoms with E-state index in [1.165, 1.54) is 0 Å². The third-order valence-corrected chi connectivity index (χ3v) is 4.90. The number of benzene rings is 3. The molecule has 31 heavy (non-hydrogen) atoms. The molecule has 0 aliphatic heterocycles. The highest BCUT2D eigenvalue weighted by Crippen LogP contribution is 2.28. The van der Waals surface area contributed by atoms with Crippen molar-refractivity contribution in [2.24, 2.45) is 0 Å². The summed E-state index contributed by atoms with van der Waals surface area (Å²) < 4.78 is 10.8. The van der Waals surface area contributed by atoms with E-state index < -0.39 is 5.91 Å². The van der Waals surface area contributed by atoms with Gasteiger partial charge in [0.25, 0.3) is 5.91 Å². The number of halogens is 2. The lowest BCUT2D eigenvalue weighted by Gasteiger charge is -2.14. The van der Waals surface area contributed by atoms with Gasteiger partial charge in [-0.25, -0.2) is 0 Å². The lowest BCUT2D eigenvalue weighted by molar-refractivity contribution is -0.142. The summed E-state index contributed by atoms with van der Waals surface area (Å²) in [7, 11) is 0. The molecule has 160 valence electrons. The smallest absolute Gasteiger partial charge is 0.310 e. The molecule has 0 heterocycles. The first kappa shape index (κ1) is 22.7. The fourth-order valence-corrected chi connectivity index (χ4v) is 3.38. The van der Waals surface area contributed by atoms with Crippen molar-refractivity contribution >= 4 is 40.8 Å². The molecule has 0 aromatic heterocycles. The first-order valence-corrected chi connectivity index (χ1v) is 10.4. The molecule has 0 fully saturated rings. The predicted molar refractivity (Wildman–Crippen MR) is 122 cm³/mol. The van der Waals surface area contributed by atoms with Crippen LogP contribution in [0.4, 0.5) is 5.69 Å². The Kier molecular flexibility index (Phi) is 7.93. The number of anilines is 1. The van der Waals surface area contributed by atoms with Crippen LogP contribution >= 0.6 is 23.2 Å². The largest absolute Gasteiger partial charge is 0.488 e. The van der Waals surface area contributed by atoms with E-state index in [-0.39, 0.29) is 29.6 Å². The first-order valence-electron chi connectivity index (χ1n) is 9.68. The Morgan fingerprint density at radius 2 is 1.68 bits per heavy atom. The van der Waals surface area contributed by atoms with E-state index in [0.717, 1.165) is 11.1 Å². The number of hydrogen-bond acceptors (Lipinski definition) is 4. The number of hydrogen-bond donors (Lipinski definition) is 1. The Labute approximate surface area is 190 Å². The summed E-state index contributed by atoms with van der Waals surface area (Å²) in [5.41, 5.74) is 2.47. The molecular weight excluding hydrogens is 437 g/mol. The molecule has 1 amide bonds. The van der Waals surface area contributed by atoms with E-state index in [1.807, 2.05) is 12.1 Å². The van der Waals surface area contributed by atoms with Crippen molar-refractivity contribution in [3.05, 3.63) is 93.5 Å². The fraction of sp³-hybridized carbons (Fsp3) is 0.167. The number of nitrogens with one attached hydrogen (secondary N) is 1. The summed E-state index contributed by atoms with van der Waals surface area (Å²) in [6.45, 7) is 2.34. The zero-order valence-electron chi connectivity index (χ0n) is 16.9. The molecule has 3 rings (SSSR count). The molecule has 0 unspecified atom stereocenters. The van der Waals surface area contributed by atoms with Gasteiger partial charge in [-0.15, -0.1) is 0 Å². The summed E-state index contributed by atoms with van der Waals surface area (Å²) in [4.78, 5) is 24.5. The minimum absolute atomic E-state index is 0.175. The van der Waals surface area contributed by atoms with Crippen LogP contribution in [0.1, 0.15) is 28.4 Å². The van der Waals surface area contributed by atoms with E-state index in [2.05, 4.69) is 5.32 Å². The van der Waals surface area contributed by atoms with E-state index in [0.29, 0.717) is 23.1 Å². The number of amides is 1. The maximum Gasteiger partial charge on any atom is 0.310 e. The summed E-state index contributed by atoms with van der Waals surface area (Å²) in [5, 5.41) is 3.70. The van der Waals surface area contributed by atoms with Crippen LogP contribution in [0.3, 0.4) is 0 Å². The van der Waals surface area contributed by atoms with Gasteiger partial charge in [0.05, 0.1) is 18.1 Å². The Bertz CT molecular complexity index is 1070. The molecule has 0 radical (unpaired) electrons. The number of ether oxygens (including phenoxy) is 2. The van der Waals surface area contributed by atoms with Crippen molar-refractivity contribution in [2.75, 3.05) is 11.9 Å². The standard InChI is InChI=1S/C24H21Cl2NO4/c1-2-30-22(28)14-16-9-11-19(12-10-16)27-24(29)23-20(26)7-4-8-21(23)31-15-17-5-3-6-18(25)13-17/h3-13H,2,14-15H2,1H3,(H,27,29). The second-order valence-electron chi connectivity index (χ2n) is 6.66. The lowest BCUT2D eigenvalue weighted by Crippen LogP contribution is -2.14. The Morgan fingerprint density at radius 3 is 2.39 bits per heavy atom. The second kappa shape index (κ2) is 10.8. The van der Waals surface area contributed by atoms with Crippen molar-refractivity contribution in [1.29, 1.82) is 0 Å². The van der Waals surface area contributed by atoms with Gasteiger partial charge in [-0.1, -0.05) is 53.5 Å². The average molecular weight is 458 g/mol. The molecule has 0 saturated carbocycles. The van der Waals surface area contributed by atoms with Crippen molar-refractivity contribution in [3.63, 3.8) is 0 Å². The summed E-state index contributed by atoms with van der Waals surface area (Å²) >= 11 is 12.3. The maximum absolute atomic E-state index is 12.9. The van der Waals surface area contributed by atoms with Crippen LogP contribution in [0.2, 0.25) is 10.0 Å². The SMILES string of the molecule is CCOC(=O)Cc1ccc(NC(=O)c2c(Cl)cccc2OCc2cccc(Cl)c2)cc1. The van der Waals surface area contributed by atoms with Gasteiger partial charge in [-0.3, -0.25) is 9.59 Å². The van der Waals surface area contributed by atoms with Crippen LogP contribution in [-0.2, 0) is 22.6 Å². The van der Waals surface area contributed by atoms with Gasteiger partial charge in [0.15, 0.2) is 0 Å². The highest BCUT2D eigenvalue weighted by Gasteiger charge is 2.17. The highest BCUT2D eigenvalue weighted by molar-refractivity contribution is 6.35. The Hall–Kier alpha value is -3.02. The van der Waals surface area contributed by atoms with Gasteiger partial charge in [0.1, 0.15) is 17.9 Å². The molecule has 0 aliphatic carbocycles. The van der Waals surface area contributed by atoms with Gasteiger partial charge in [0.2, 0.25) is 0 Å². The average Bonchev–Trinajstić information content (AvgIpc) is 2.74. The molecule has 5 nitrogen and oxygen atoms in total. The van der Waals surface area contributed by atoms with E-state index in [1.54, 1.807) is 61.5 Å². The second-order valence-corrected chi connectivity index (χ2v) is 7.51. The van der Waals surface area contributed by atoms with Crippen LogP contribution in [0.15, 0.2) is 66.7 Å². The lowest BCUT2D eigenvalue weighted by atomic mass is 10.1. The minimum atomic E-state index is -0.398. The third-order valence-electron chi connectivity index (χ3n) is 4.35. The van der Waals surface area contributed by atoms with Crippen molar-refractivity contribution < 1.29 is 19.1 Å². The van der Waals surface area contributed by atoms with E-state index >= 15 is 0 Å². The van der Waals surface area contributed by atoms with Crippen molar-refractivity contribution in [2.45, 2.75) is 20.0 Å². The molecule has 0 spiro atoms. The van der Waals surface area contributed by atoms with Gasteiger partial charge >= 0.3 is 5.97 Å². The van der Waals surface area contributed by atoms with Crippen LogP contribution in [0, 0.1) is 0 Å². The molecule has 1 N–H and O–H groups in total. The molecule has 3 aromatic rings. The first-order chi connectivity index (χ1) is 15.0. The molecule has 0 aliphatic rings. The van der Waals surface area contributed by atoms with E-state index in [9.17, 15) is 9.59 Å². The molecular formula is C24H21Cl2NO4. The number of rotatable bonds is 8. The van der Waals surface area contributed by atoms with Crippen LogP contribution in [0.5, 0.6) is 5.75 Å². The van der Waals surface area contributed by atoms with Crippen LogP contribution < -0.4 is 10.1 Å². The minimum Gasteiger partial charge on any atom is -0.488 e. The molecule has 7 heteroatoms. The normalized spacial score (nSPS) is 10.4. The number of carbonyl (C=O) groups excluding carboxylic acids is 2. The van der Waals surface area contributed by atoms with Crippen molar-refractivity contribution in [1.82, 2.24) is 0 Å². The van der Waals surface area contributed by atoms with Gasteiger partial charge in [0, 0.05) is 10.7 Å². The topological polar surface area (TPSA) is 64.6 Å². The molecule has 3 aromatic carbocycles. The molecule has 0 saturated heterocycles. The summed E-state index contributed by atoms with van der Waals surface area (Å²) in [6, 6.07) is 19.3. The number of carbonyl (C=O) groups is 2. The molecule has 0 atom stereocenters. The van der Waals surface area contributed by atoms with Crippen LogP contribution in [0.25, 0.3) is 0 Å². The number of esters is 1. The Balaban J connectivity index is 1.70. The monoisotopic (exact) mass is 457 g/mol.